The number of nitrogens with two attached hydrogens (primary N) is 2. The lowest BCUT2D eigenvalue weighted by Crippen LogP contribution is -2.62. The van der Waals surface area contributed by atoms with Crippen molar-refractivity contribution in [1.29, 1.82) is 0 Å². The lowest BCUT2D eigenvalue weighted by atomic mass is 9.98. The maximum atomic E-state index is 12.9. The van der Waals surface area contributed by atoms with E-state index in [1.165, 1.54) is 0 Å². The highest BCUT2D eigenvalue weighted by Gasteiger charge is 2.42. The first kappa shape index (κ1) is 25.8. The number of hydrogen-bond donors (Lipinski definition) is 6. The molecule has 1 amide bonds. The standard InChI is InChI=1S/C24H31N3O7/c25-16(11-14-7-3-1-4-8-14)22(30)27-17(12-15-9-5-2-6-10-15)23(31)33-13-18-20(28)21(29)19(26)24(32)34-18/h1-10,16-21,24,28-29,32H,11-13,25-26H2,(H,27,30). The number of benzene rings is 2. The average molecular weight is 474 g/mol. The smallest absolute Gasteiger partial charge is 0.329 e. The van der Waals surface area contributed by atoms with Crippen LogP contribution in [0.3, 0.4) is 0 Å². The van der Waals surface area contributed by atoms with Gasteiger partial charge in [0.2, 0.25) is 5.91 Å². The second kappa shape index (κ2) is 12.0. The first-order chi connectivity index (χ1) is 16.3. The molecular weight excluding hydrogens is 442 g/mol. The molecule has 0 aliphatic carbocycles. The summed E-state index contributed by atoms with van der Waals surface area (Å²) in [7, 11) is 0. The first-order valence-electron chi connectivity index (χ1n) is 11.0. The van der Waals surface area contributed by atoms with Crippen LogP contribution >= 0.6 is 0 Å². The predicted molar refractivity (Wildman–Crippen MR) is 122 cm³/mol. The third kappa shape index (κ3) is 6.83. The number of hydrogen-bond acceptors (Lipinski definition) is 9. The van der Waals surface area contributed by atoms with Crippen molar-refractivity contribution in [1.82, 2.24) is 5.32 Å². The Labute approximate surface area is 197 Å². The maximum Gasteiger partial charge on any atom is 0.329 e. The summed E-state index contributed by atoms with van der Waals surface area (Å²) in [6.45, 7) is -0.460. The Morgan fingerprint density at radius 3 is 2.09 bits per heavy atom. The Balaban J connectivity index is 1.64. The monoisotopic (exact) mass is 473 g/mol. The zero-order chi connectivity index (χ0) is 24.7. The molecule has 10 heteroatoms. The van der Waals surface area contributed by atoms with Gasteiger partial charge < -0.3 is 41.6 Å². The summed E-state index contributed by atoms with van der Waals surface area (Å²) < 4.78 is 10.4. The van der Waals surface area contributed by atoms with Gasteiger partial charge in [-0.3, -0.25) is 4.79 Å². The van der Waals surface area contributed by atoms with E-state index in [1.807, 2.05) is 36.4 Å². The summed E-state index contributed by atoms with van der Waals surface area (Å²) in [6.07, 6.45) is -5.21. The van der Waals surface area contributed by atoms with Crippen molar-refractivity contribution in [3.05, 3.63) is 71.8 Å². The number of aliphatic hydroxyl groups excluding tert-OH is 3. The molecule has 1 heterocycles. The minimum atomic E-state index is -1.53. The van der Waals surface area contributed by atoms with E-state index in [0.29, 0.717) is 0 Å². The number of rotatable bonds is 9. The average Bonchev–Trinajstić information content (AvgIpc) is 2.84. The maximum absolute atomic E-state index is 12.9. The van der Waals surface area contributed by atoms with Gasteiger partial charge in [0.25, 0.3) is 0 Å². The van der Waals surface area contributed by atoms with Gasteiger partial charge in [-0.2, -0.15) is 0 Å². The van der Waals surface area contributed by atoms with Crippen LogP contribution in [-0.2, 0) is 31.9 Å². The number of amides is 1. The van der Waals surface area contributed by atoms with Crippen LogP contribution in [-0.4, -0.2) is 76.5 Å². The molecule has 1 aliphatic rings. The molecule has 1 saturated heterocycles. The summed E-state index contributed by atoms with van der Waals surface area (Å²) in [5.41, 5.74) is 13.3. The number of ether oxygens (including phenoxy) is 2. The third-order valence-corrected chi connectivity index (χ3v) is 5.68. The van der Waals surface area contributed by atoms with Gasteiger partial charge in [-0.15, -0.1) is 0 Å². The highest BCUT2D eigenvalue weighted by molar-refractivity contribution is 5.87. The highest BCUT2D eigenvalue weighted by atomic mass is 16.6. The number of carbonyl (C=O) groups is 2. The van der Waals surface area contributed by atoms with Gasteiger partial charge in [0.15, 0.2) is 6.29 Å². The summed E-state index contributed by atoms with van der Waals surface area (Å²) in [5.74, 6) is -1.30. The molecule has 7 atom stereocenters. The summed E-state index contributed by atoms with van der Waals surface area (Å²) >= 11 is 0. The van der Waals surface area contributed by atoms with Crippen molar-refractivity contribution in [2.45, 2.75) is 55.6 Å². The van der Waals surface area contributed by atoms with E-state index in [9.17, 15) is 24.9 Å². The minimum Gasteiger partial charge on any atom is -0.461 e. The molecule has 7 unspecified atom stereocenters. The third-order valence-electron chi connectivity index (χ3n) is 5.68. The van der Waals surface area contributed by atoms with Gasteiger partial charge in [-0.1, -0.05) is 60.7 Å². The number of esters is 1. The quantitative estimate of drug-likeness (QED) is 0.239. The van der Waals surface area contributed by atoms with Crippen LogP contribution in [0.4, 0.5) is 0 Å². The molecule has 1 aliphatic heterocycles. The number of aliphatic hydroxyl groups is 3. The Morgan fingerprint density at radius 1 is 0.941 bits per heavy atom. The first-order valence-corrected chi connectivity index (χ1v) is 11.0. The molecule has 2 aromatic carbocycles. The topological polar surface area (TPSA) is 177 Å². The second-order valence-electron chi connectivity index (χ2n) is 8.30. The molecule has 34 heavy (non-hydrogen) atoms. The normalized spacial score (nSPS) is 26.3. The predicted octanol–water partition coefficient (Wildman–Crippen LogP) is -1.41. The van der Waals surface area contributed by atoms with E-state index in [1.54, 1.807) is 24.3 Å². The van der Waals surface area contributed by atoms with Crippen LogP contribution in [0.5, 0.6) is 0 Å². The Bertz CT molecular complexity index is 931. The molecule has 1 fully saturated rings. The molecule has 8 N–H and O–H groups in total. The van der Waals surface area contributed by atoms with E-state index in [0.717, 1.165) is 11.1 Å². The van der Waals surface area contributed by atoms with E-state index in [-0.39, 0.29) is 12.8 Å². The molecule has 0 spiro atoms. The van der Waals surface area contributed by atoms with Crippen molar-refractivity contribution in [2.75, 3.05) is 6.61 Å². The second-order valence-corrected chi connectivity index (χ2v) is 8.30. The van der Waals surface area contributed by atoms with Gasteiger partial charge in [-0.25, -0.2) is 4.79 Å². The molecule has 0 saturated carbocycles. The van der Waals surface area contributed by atoms with E-state index in [2.05, 4.69) is 5.32 Å². The SMILES string of the molecule is NC(Cc1ccccc1)C(=O)NC(Cc1ccccc1)C(=O)OCC1OC(O)C(N)C(O)C1O. The Hall–Kier alpha value is -2.86. The largest absolute Gasteiger partial charge is 0.461 e. The lowest BCUT2D eigenvalue weighted by Gasteiger charge is -2.38. The van der Waals surface area contributed by atoms with E-state index < -0.39 is 61.2 Å². The minimum absolute atomic E-state index is 0.146. The summed E-state index contributed by atoms with van der Waals surface area (Å²) in [6, 6.07) is 15.2. The van der Waals surface area contributed by atoms with Crippen LogP contribution in [0.2, 0.25) is 0 Å². The van der Waals surface area contributed by atoms with Gasteiger partial charge >= 0.3 is 5.97 Å². The lowest BCUT2D eigenvalue weighted by molar-refractivity contribution is -0.251. The fourth-order valence-corrected chi connectivity index (χ4v) is 3.65. The van der Waals surface area contributed by atoms with E-state index in [4.69, 9.17) is 20.9 Å². The van der Waals surface area contributed by atoms with Crippen molar-refractivity contribution in [2.24, 2.45) is 11.5 Å². The molecule has 2 aromatic rings. The van der Waals surface area contributed by atoms with E-state index >= 15 is 0 Å². The van der Waals surface area contributed by atoms with Crippen LogP contribution < -0.4 is 16.8 Å². The molecule has 10 nitrogen and oxygen atoms in total. The fraction of sp³-hybridized carbons (Fsp3) is 0.417. The van der Waals surface area contributed by atoms with Crippen LogP contribution in [0.1, 0.15) is 11.1 Å². The van der Waals surface area contributed by atoms with Crippen molar-refractivity contribution in [3.63, 3.8) is 0 Å². The number of nitrogens with one attached hydrogen (secondary N) is 1. The molecule has 0 radical (unpaired) electrons. The summed E-state index contributed by atoms with van der Waals surface area (Å²) in [5, 5.41) is 32.5. The van der Waals surface area contributed by atoms with Gasteiger partial charge in [0, 0.05) is 6.42 Å². The van der Waals surface area contributed by atoms with Crippen LogP contribution in [0.15, 0.2) is 60.7 Å². The zero-order valence-corrected chi connectivity index (χ0v) is 18.6. The molecule has 184 valence electrons. The number of carbonyl (C=O) groups excluding carboxylic acids is 2. The molecule has 0 aromatic heterocycles. The zero-order valence-electron chi connectivity index (χ0n) is 18.6. The van der Waals surface area contributed by atoms with Gasteiger partial charge in [-0.05, 0) is 17.5 Å². The highest BCUT2D eigenvalue weighted by Crippen LogP contribution is 2.19. The van der Waals surface area contributed by atoms with Crippen molar-refractivity contribution in [3.8, 4) is 0 Å². The van der Waals surface area contributed by atoms with Crippen molar-refractivity contribution >= 4 is 11.9 Å². The summed E-state index contributed by atoms with van der Waals surface area (Å²) in [4.78, 5) is 25.6. The molecule has 0 bridgehead atoms. The van der Waals surface area contributed by atoms with Gasteiger partial charge in [0.05, 0.1) is 12.1 Å². The van der Waals surface area contributed by atoms with Gasteiger partial charge in [0.1, 0.15) is 31.0 Å². The fourth-order valence-electron chi connectivity index (χ4n) is 3.65. The Morgan fingerprint density at radius 2 is 1.50 bits per heavy atom. The van der Waals surface area contributed by atoms with Crippen LogP contribution in [0, 0.1) is 0 Å². The molecule has 3 rings (SSSR count). The Kier molecular flexibility index (Phi) is 9.11. The molecular formula is C24H31N3O7. The van der Waals surface area contributed by atoms with Crippen molar-refractivity contribution < 1.29 is 34.4 Å². The van der Waals surface area contributed by atoms with Crippen LogP contribution in [0.25, 0.3) is 0 Å².